The largest absolute Gasteiger partial charge is 0.478 e. The van der Waals surface area contributed by atoms with Crippen LogP contribution < -0.4 is 0 Å². The minimum atomic E-state index is -0.955. The molecule has 1 heterocycles. The van der Waals surface area contributed by atoms with Crippen LogP contribution in [0.5, 0.6) is 0 Å². The van der Waals surface area contributed by atoms with E-state index < -0.39 is 5.97 Å². The summed E-state index contributed by atoms with van der Waals surface area (Å²) in [6.07, 6.45) is 2.67. The summed E-state index contributed by atoms with van der Waals surface area (Å²) < 4.78 is 0. The van der Waals surface area contributed by atoms with Crippen LogP contribution in [0, 0.1) is 0 Å². The summed E-state index contributed by atoms with van der Waals surface area (Å²) in [6.45, 7) is 0.743. The first kappa shape index (κ1) is 17.5. The number of carboxylic acids is 1. The maximum Gasteiger partial charge on any atom is 0.335 e. The van der Waals surface area contributed by atoms with Gasteiger partial charge in [0.25, 0.3) is 0 Å². The van der Waals surface area contributed by atoms with Gasteiger partial charge in [0.05, 0.1) is 11.6 Å². The summed E-state index contributed by atoms with van der Waals surface area (Å²) in [4.78, 5) is 25.9. The quantitative estimate of drug-likeness (QED) is 0.866. The zero-order valence-electron chi connectivity index (χ0n) is 13.8. The van der Waals surface area contributed by atoms with Gasteiger partial charge in [-0.05, 0) is 48.6 Å². The third-order valence-electron chi connectivity index (χ3n) is 4.68. The van der Waals surface area contributed by atoms with Crippen LogP contribution in [0.2, 0.25) is 5.02 Å². The summed E-state index contributed by atoms with van der Waals surface area (Å²) in [7, 11) is 0. The fraction of sp³-hybridized carbons (Fsp3) is 0.300. The topological polar surface area (TPSA) is 57.6 Å². The second kappa shape index (κ2) is 7.70. The van der Waals surface area contributed by atoms with Gasteiger partial charge in [0, 0.05) is 18.0 Å². The fourth-order valence-electron chi connectivity index (χ4n) is 3.43. The lowest BCUT2D eigenvalue weighted by molar-refractivity contribution is -0.132. The average molecular weight is 358 g/mol. The highest BCUT2D eigenvalue weighted by atomic mass is 35.5. The molecule has 1 unspecified atom stereocenters. The van der Waals surface area contributed by atoms with E-state index in [1.807, 2.05) is 29.2 Å². The number of hydrogen-bond donors (Lipinski definition) is 1. The maximum absolute atomic E-state index is 12.7. The van der Waals surface area contributed by atoms with Crippen molar-refractivity contribution in [2.45, 2.75) is 31.7 Å². The second-order valence-electron chi connectivity index (χ2n) is 6.26. The molecule has 5 heteroatoms. The van der Waals surface area contributed by atoms with E-state index in [2.05, 4.69) is 0 Å². The van der Waals surface area contributed by atoms with Gasteiger partial charge in [-0.3, -0.25) is 4.79 Å². The van der Waals surface area contributed by atoms with E-state index in [0.29, 0.717) is 23.4 Å². The molecule has 0 spiro atoms. The Kier molecular flexibility index (Phi) is 5.39. The zero-order chi connectivity index (χ0) is 17.8. The molecule has 2 aromatic carbocycles. The van der Waals surface area contributed by atoms with Gasteiger partial charge < -0.3 is 10.0 Å². The summed E-state index contributed by atoms with van der Waals surface area (Å²) in [6, 6.07) is 14.6. The van der Waals surface area contributed by atoms with E-state index in [-0.39, 0.29) is 17.5 Å². The molecule has 1 N–H and O–H groups in total. The lowest BCUT2D eigenvalue weighted by atomic mass is 10.0. The molecule has 1 aliphatic rings. The van der Waals surface area contributed by atoms with Crippen molar-refractivity contribution in [1.82, 2.24) is 4.90 Å². The molecule has 0 saturated carbocycles. The van der Waals surface area contributed by atoms with Crippen LogP contribution in [0.1, 0.15) is 46.8 Å². The Morgan fingerprint density at radius 3 is 2.56 bits per heavy atom. The van der Waals surface area contributed by atoms with Gasteiger partial charge in [-0.1, -0.05) is 41.9 Å². The minimum absolute atomic E-state index is 0.0673. The fourth-order valence-corrected chi connectivity index (χ4v) is 3.55. The van der Waals surface area contributed by atoms with Gasteiger partial charge in [-0.2, -0.15) is 0 Å². The van der Waals surface area contributed by atoms with Crippen LogP contribution in [0.25, 0.3) is 0 Å². The lowest BCUT2D eigenvalue weighted by Gasteiger charge is -2.25. The Morgan fingerprint density at radius 2 is 1.84 bits per heavy atom. The summed E-state index contributed by atoms with van der Waals surface area (Å²) >= 11 is 5.95. The molecule has 0 bridgehead atoms. The molecule has 1 saturated heterocycles. The van der Waals surface area contributed by atoms with Crippen molar-refractivity contribution in [2.24, 2.45) is 0 Å². The van der Waals surface area contributed by atoms with Gasteiger partial charge >= 0.3 is 5.97 Å². The molecule has 25 heavy (non-hydrogen) atoms. The summed E-state index contributed by atoms with van der Waals surface area (Å²) in [5.41, 5.74) is 2.07. The molecule has 4 nitrogen and oxygen atoms in total. The first-order chi connectivity index (χ1) is 12.1. The average Bonchev–Trinajstić information content (AvgIpc) is 3.10. The van der Waals surface area contributed by atoms with Crippen LogP contribution in [-0.2, 0) is 11.2 Å². The van der Waals surface area contributed by atoms with Crippen molar-refractivity contribution < 1.29 is 14.7 Å². The summed E-state index contributed by atoms with van der Waals surface area (Å²) in [5, 5.41) is 9.93. The number of carbonyl (C=O) groups excluding carboxylic acids is 1. The number of aryl methyl sites for hydroxylation is 1. The molecule has 130 valence electrons. The number of halogens is 1. The molecule has 0 radical (unpaired) electrons. The number of carboxylic acid groups (broad SMARTS) is 1. The highest BCUT2D eigenvalue weighted by Gasteiger charge is 2.29. The number of hydrogen-bond acceptors (Lipinski definition) is 2. The van der Waals surface area contributed by atoms with Crippen LogP contribution in [0.3, 0.4) is 0 Å². The Hall–Kier alpha value is -2.33. The molecule has 3 rings (SSSR count). The zero-order valence-corrected chi connectivity index (χ0v) is 14.6. The number of aromatic carboxylic acids is 1. The van der Waals surface area contributed by atoms with Crippen molar-refractivity contribution in [2.75, 3.05) is 6.54 Å². The van der Waals surface area contributed by atoms with E-state index in [9.17, 15) is 14.7 Å². The van der Waals surface area contributed by atoms with Crippen LogP contribution in [0.4, 0.5) is 0 Å². The van der Waals surface area contributed by atoms with Gasteiger partial charge in [0.15, 0.2) is 0 Å². The molecule has 2 aromatic rings. The van der Waals surface area contributed by atoms with Crippen LogP contribution in [-0.4, -0.2) is 28.4 Å². The van der Waals surface area contributed by atoms with E-state index >= 15 is 0 Å². The number of carbonyl (C=O) groups is 2. The molecule has 0 aromatic heterocycles. The Bertz CT molecular complexity index is 773. The highest BCUT2D eigenvalue weighted by Crippen LogP contribution is 2.33. The van der Waals surface area contributed by atoms with Crippen molar-refractivity contribution in [3.8, 4) is 0 Å². The monoisotopic (exact) mass is 357 g/mol. The van der Waals surface area contributed by atoms with Crippen molar-refractivity contribution >= 4 is 23.5 Å². The minimum Gasteiger partial charge on any atom is -0.478 e. The molecule has 1 aliphatic heterocycles. The third-order valence-corrected chi connectivity index (χ3v) is 4.94. The number of likely N-dealkylation sites (tertiary alicyclic amines) is 1. The van der Waals surface area contributed by atoms with Gasteiger partial charge in [-0.25, -0.2) is 4.79 Å². The Labute approximate surface area is 152 Å². The maximum atomic E-state index is 12.7. The first-order valence-corrected chi connectivity index (χ1v) is 8.80. The Balaban J connectivity index is 1.68. The van der Waals surface area contributed by atoms with E-state index in [1.165, 1.54) is 0 Å². The molecule has 1 amide bonds. The smallest absolute Gasteiger partial charge is 0.335 e. The molecule has 1 atom stereocenters. The van der Waals surface area contributed by atoms with Crippen molar-refractivity contribution in [3.05, 3.63) is 70.2 Å². The number of nitrogens with zero attached hydrogens (tertiary/aromatic N) is 1. The predicted molar refractivity (Wildman–Crippen MR) is 96.9 cm³/mol. The van der Waals surface area contributed by atoms with Gasteiger partial charge in [-0.15, -0.1) is 0 Å². The third kappa shape index (κ3) is 4.02. The SMILES string of the molecule is O=C(O)c1ccccc1CCC(=O)N1CCCC1c1ccc(Cl)cc1. The molecule has 1 fully saturated rings. The van der Waals surface area contributed by atoms with E-state index in [1.54, 1.807) is 24.3 Å². The van der Waals surface area contributed by atoms with Gasteiger partial charge in [0.2, 0.25) is 5.91 Å². The van der Waals surface area contributed by atoms with Crippen LogP contribution in [0.15, 0.2) is 48.5 Å². The van der Waals surface area contributed by atoms with E-state index in [0.717, 1.165) is 24.9 Å². The highest BCUT2D eigenvalue weighted by molar-refractivity contribution is 6.30. The van der Waals surface area contributed by atoms with Crippen molar-refractivity contribution in [1.29, 1.82) is 0 Å². The first-order valence-electron chi connectivity index (χ1n) is 8.42. The van der Waals surface area contributed by atoms with E-state index in [4.69, 9.17) is 11.6 Å². The van der Waals surface area contributed by atoms with Crippen LogP contribution >= 0.6 is 11.6 Å². The van der Waals surface area contributed by atoms with Gasteiger partial charge in [0.1, 0.15) is 0 Å². The second-order valence-corrected chi connectivity index (χ2v) is 6.70. The molecule has 0 aliphatic carbocycles. The summed E-state index contributed by atoms with van der Waals surface area (Å²) in [5.74, 6) is -0.888. The number of rotatable bonds is 5. The molecular formula is C20H20ClNO3. The van der Waals surface area contributed by atoms with Crippen molar-refractivity contribution in [3.63, 3.8) is 0 Å². The molecular weight excluding hydrogens is 338 g/mol. The Morgan fingerprint density at radius 1 is 1.12 bits per heavy atom. The number of benzene rings is 2. The lowest BCUT2D eigenvalue weighted by Crippen LogP contribution is -2.30. The normalized spacial score (nSPS) is 16.8. The predicted octanol–water partition coefficient (Wildman–Crippen LogP) is 4.33. The number of amides is 1. The standard InChI is InChI=1S/C20H20ClNO3/c21-16-10-7-15(8-11-16)18-6-3-13-22(18)19(23)12-9-14-4-1-2-5-17(14)20(24)25/h1-2,4-5,7-8,10-11,18H,3,6,9,12-13H2,(H,24,25).